The first kappa shape index (κ1) is 14.9. The van der Waals surface area contributed by atoms with Gasteiger partial charge in [-0.3, -0.25) is 0 Å². The number of hydrogen-bond acceptors (Lipinski definition) is 3. The Labute approximate surface area is 107 Å². The lowest BCUT2D eigenvalue weighted by molar-refractivity contribution is -0.138. The van der Waals surface area contributed by atoms with Crippen molar-refractivity contribution in [2.45, 2.75) is 37.8 Å². The van der Waals surface area contributed by atoms with Crippen LogP contribution in [0.3, 0.4) is 0 Å². The average Bonchev–Trinajstić information content (AvgIpc) is 2.73. The van der Waals surface area contributed by atoms with Gasteiger partial charge >= 0.3 is 6.18 Å². The Morgan fingerprint density at radius 1 is 1.41 bits per heavy atom. The van der Waals surface area contributed by atoms with Crippen molar-refractivity contribution in [3.63, 3.8) is 0 Å². The topological polar surface area (TPSA) is 20.2 Å². The maximum Gasteiger partial charge on any atom is 0.417 e. The van der Waals surface area contributed by atoms with E-state index in [9.17, 15) is 18.3 Å². The number of rotatable bonds is 5. The molecule has 1 nitrogen and oxygen atoms in total. The molecule has 0 fully saturated rings. The number of aliphatic hydroxyl groups is 1. The number of hydrogen-bond donors (Lipinski definition) is 1. The maximum atomic E-state index is 12.6. The molecule has 1 N–H and O–H groups in total. The minimum absolute atomic E-state index is 0.00157. The smallest absolute Gasteiger partial charge is 0.388 e. The summed E-state index contributed by atoms with van der Waals surface area (Å²) in [5.74, 6) is 0.300. The first-order valence-electron chi connectivity index (χ1n) is 5.29. The quantitative estimate of drug-likeness (QED) is 0.868. The van der Waals surface area contributed by atoms with Crippen LogP contribution in [-0.2, 0) is 6.18 Å². The van der Waals surface area contributed by atoms with Gasteiger partial charge in [0.05, 0.1) is 11.7 Å². The molecule has 6 heteroatoms. The average molecular weight is 284 g/mol. The van der Waals surface area contributed by atoms with Crippen molar-refractivity contribution in [3.8, 4) is 0 Å². The molecule has 0 aliphatic heterocycles. The number of aliphatic hydroxyl groups excluding tert-OH is 1. The van der Waals surface area contributed by atoms with Gasteiger partial charge in [-0.05, 0) is 11.8 Å². The molecule has 0 aliphatic rings. The molecule has 2 atom stereocenters. The lowest BCUT2D eigenvalue weighted by Crippen LogP contribution is -2.11. The van der Waals surface area contributed by atoms with Crippen molar-refractivity contribution in [1.29, 1.82) is 0 Å². The van der Waals surface area contributed by atoms with E-state index in [0.29, 0.717) is 11.0 Å². The number of thiophene rings is 1. The molecule has 0 radical (unpaired) electrons. The summed E-state index contributed by atoms with van der Waals surface area (Å²) in [5, 5.41) is 12.6. The summed E-state index contributed by atoms with van der Waals surface area (Å²) in [6, 6.07) is 0. The van der Waals surface area contributed by atoms with Crippen molar-refractivity contribution in [2.75, 3.05) is 5.75 Å². The van der Waals surface area contributed by atoms with Crippen molar-refractivity contribution >= 4 is 23.1 Å². The van der Waals surface area contributed by atoms with Crippen molar-refractivity contribution < 1.29 is 18.3 Å². The van der Waals surface area contributed by atoms with Crippen LogP contribution in [0.15, 0.2) is 10.8 Å². The van der Waals surface area contributed by atoms with Crippen LogP contribution in [0.2, 0.25) is 0 Å². The summed E-state index contributed by atoms with van der Waals surface area (Å²) in [6.45, 7) is 4.01. The Morgan fingerprint density at radius 2 is 2.06 bits per heavy atom. The molecule has 1 heterocycles. The van der Waals surface area contributed by atoms with Crippen LogP contribution < -0.4 is 0 Å². The molecule has 0 bridgehead atoms. The summed E-state index contributed by atoms with van der Waals surface area (Å²) in [4.78, 5) is 0. The summed E-state index contributed by atoms with van der Waals surface area (Å²) in [7, 11) is 0. The fourth-order valence-electron chi connectivity index (χ4n) is 1.26. The van der Waals surface area contributed by atoms with Gasteiger partial charge in [-0.25, -0.2) is 0 Å². The van der Waals surface area contributed by atoms with Crippen LogP contribution in [0.1, 0.15) is 37.5 Å². The lowest BCUT2D eigenvalue weighted by atomic mass is 10.1. The van der Waals surface area contributed by atoms with Crippen LogP contribution in [0.4, 0.5) is 13.2 Å². The van der Waals surface area contributed by atoms with E-state index in [-0.39, 0.29) is 5.56 Å². The van der Waals surface area contributed by atoms with E-state index in [2.05, 4.69) is 0 Å². The van der Waals surface area contributed by atoms with Crippen LogP contribution in [0, 0.1) is 0 Å². The fraction of sp³-hybridized carbons (Fsp3) is 0.636. The SMILES string of the molecule is CCC(C)SCC(O)c1cscc1C(F)(F)F. The van der Waals surface area contributed by atoms with Crippen LogP contribution in [-0.4, -0.2) is 16.1 Å². The molecule has 0 saturated carbocycles. The molecule has 0 saturated heterocycles. The van der Waals surface area contributed by atoms with Gasteiger partial charge < -0.3 is 5.11 Å². The Morgan fingerprint density at radius 3 is 2.59 bits per heavy atom. The monoisotopic (exact) mass is 284 g/mol. The third-order valence-corrected chi connectivity index (χ3v) is 4.64. The first-order chi connectivity index (χ1) is 7.86. The molecule has 0 aliphatic carbocycles. The molecule has 0 aromatic carbocycles. The lowest BCUT2D eigenvalue weighted by Gasteiger charge is -2.15. The minimum atomic E-state index is -4.38. The highest BCUT2D eigenvalue weighted by molar-refractivity contribution is 7.99. The maximum absolute atomic E-state index is 12.6. The Balaban J connectivity index is 2.69. The standard InChI is InChI=1S/C11H15F3OS2/c1-3-7(2)17-6-10(15)8-4-16-5-9(8)11(12,13)14/h4-5,7,10,15H,3,6H2,1-2H3. The second-order valence-electron chi connectivity index (χ2n) is 3.81. The molecular weight excluding hydrogens is 269 g/mol. The van der Waals surface area contributed by atoms with Gasteiger partial charge in [-0.2, -0.15) is 36.3 Å². The van der Waals surface area contributed by atoms with Gasteiger partial charge in [0.25, 0.3) is 0 Å². The van der Waals surface area contributed by atoms with Gasteiger partial charge in [-0.1, -0.05) is 13.8 Å². The Bertz CT molecular complexity index is 349. The Hall–Kier alpha value is -0.200. The largest absolute Gasteiger partial charge is 0.417 e. The van der Waals surface area contributed by atoms with E-state index in [1.807, 2.05) is 13.8 Å². The predicted molar refractivity (Wildman–Crippen MR) is 66.5 cm³/mol. The van der Waals surface area contributed by atoms with Crippen molar-refractivity contribution in [2.24, 2.45) is 0 Å². The molecule has 2 unspecified atom stereocenters. The normalized spacial score (nSPS) is 15.9. The highest BCUT2D eigenvalue weighted by atomic mass is 32.2. The Kier molecular flexibility index (Phi) is 5.34. The zero-order valence-corrected chi connectivity index (χ0v) is 11.3. The molecule has 0 amide bonds. The summed E-state index contributed by atoms with van der Waals surface area (Å²) >= 11 is 2.46. The van der Waals surface area contributed by atoms with E-state index in [4.69, 9.17) is 0 Å². The van der Waals surface area contributed by atoms with Crippen LogP contribution in [0.5, 0.6) is 0 Å². The van der Waals surface area contributed by atoms with E-state index in [0.717, 1.165) is 23.1 Å². The third-order valence-electron chi connectivity index (χ3n) is 2.47. The summed E-state index contributed by atoms with van der Waals surface area (Å²) in [5.41, 5.74) is -0.710. The van der Waals surface area contributed by atoms with Crippen molar-refractivity contribution in [3.05, 3.63) is 21.9 Å². The summed E-state index contributed by atoms with van der Waals surface area (Å²) in [6.07, 6.45) is -4.48. The second kappa shape index (κ2) is 6.11. The third kappa shape index (κ3) is 4.19. The molecule has 1 rings (SSSR count). The van der Waals surface area contributed by atoms with E-state index < -0.39 is 17.8 Å². The molecular formula is C11H15F3OS2. The van der Waals surface area contributed by atoms with Gasteiger partial charge in [0.1, 0.15) is 0 Å². The van der Waals surface area contributed by atoms with E-state index in [1.54, 1.807) is 0 Å². The number of halogens is 3. The molecule has 1 aromatic rings. The molecule has 98 valence electrons. The van der Waals surface area contributed by atoms with Gasteiger partial charge in [0.15, 0.2) is 0 Å². The minimum Gasteiger partial charge on any atom is -0.388 e. The zero-order valence-electron chi connectivity index (χ0n) is 9.62. The first-order valence-corrected chi connectivity index (χ1v) is 7.28. The van der Waals surface area contributed by atoms with E-state index in [1.165, 1.54) is 17.1 Å². The molecule has 17 heavy (non-hydrogen) atoms. The molecule has 0 spiro atoms. The number of alkyl halides is 3. The van der Waals surface area contributed by atoms with E-state index >= 15 is 0 Å². The fourth-order valence-corrected chi connectivity index (χ4v) is 3.09. The van der Waals surface area contributed by atoms with Crippen LogP contribution >= 0.6 is 23.1 Å². The highest BCUT2D eigenvalue weighted by Crippen LogP contribution is 2.38. The van der Waals surface area contributed by atoms with Gasteiger partial charge in [0.2, 0.25) is 0 Å². The second-order valence-corrected chi connectivity index (χ2v) is 6.02. The van der Waals surface area contributed by atoms with Crippen LogP contribution in [0.25, 0.3) is 0 Å². The van der Waals surface area contributed by atoms with Crippen molar-refractivity contribution in [1.82, 2.24) is 0 Å². The van der Waals surface area contributed by atoms with Gasteiger partial charge in [0, 0.05) is 21.9 Å². The van der Waals surface area contributed by atoms with Gasteiger partial charge in [-0.15, -0.1) is 0 Å². The number of thioether (sulfide) groups is 1. The zero-order chi connectivity index (χ0) is 13.1. The molecule has 1 aromatic heterocycles. The predicted octanol–water partition coefficient (Wildman–Crippen LogP) is 4.33. The highest BCUT2D eigenvalue weighted by Gasteiger charge is 2.35. The summed E-state index contributed by atoms with van der Waals surface area (Å²) < 4.78 is 37.8.